The third-order valence-corrected chi connectivity index (χ3v) is 3.02. The molecule has 0 unspecified atom stereocenters. The van der Waals surface area contributed by atoms with Crippen molar-refractivity contribution in [3.05, 3.63) is 28.8 Å². The molecule has 0 heterocycles. The number of nitrogens with zero attached hydrogens (tertiary/aromatic N) is 1. The van der Waals surface area contributed by atoms with E-state index in [1.165, 1.54) is 0 Å². The van der Waals surface area contributed by atoms with Crippen LogP contribution in [0.2, 0.25) is 5.02 Å². The number of nitrogens with one attached hydrogen (secondary N) is 1. The van der Waals surface area contributed by atoms with Gasteiger partial charge in [-0.1, -0.05) is 11.6 Å². The topological polar surface area (TPSA) is 67.6 Å². The highest BCUT2D eigenvalue weighted by molar-refractivity contribution is 6.31. The molecule has 106 valence electrons. The first-order valence-electron chi connectivity index (χ1n) is 6.07. The molecule has 0 aliphatic carbocycles. The molecular formula is C13H20ClN3O2. The summed E-state index contributed by atoms with van der Waals surface area (Å²) in [6.07, 6.45) is 0. The van der Waals surface area contributed by atoms with Crippen molar-refractivity contribution in [1.29, 1.82) is 0 Å². The Bertz CT molecular complexity index is 438. The largest absolute Gasteiger partial charge is 0.383 e. The van der Waals surface area contributed by atoms with Gasteiger partial charge < -0.3 is 15.1 Å². The number of hydrogen-bond acceptors (Lipinski definition) is 4. The van der Waals surface area contributed by atoms with E-state index in [2.05, 4.69) is 5.43 Å². The van der Waals surface area contributed by atoms with Gasteiger partial charge in [-0.05, 0) is 32.0 Å². The lowest BCUT2D eigenvalue weighted by molar-refractivity contribution is 0.0636. The molecule has 5 nitrogen and oxygen atoms in total. The summed E-state index contributed by atoms with van der Waals surface area (Å²) in [6, 6.07) is 5.04. The first-order valence-corrected chi connectivity index (χ1v) is 6.45. The molecule has 1 amide bonds. The van der Waals surface area contributed by atoms with Crippen LogP contribution in [0.1, 0.15) is 24.2 Å². The zero-order valence-electron chi connectivity index (χ0n) is 11.4. The fourth-order valence-corrected chi connectivity index (χ4v) is 1.93. The minimum Gasteiger partial charge on any atom is -0.383 e. The lowest BCUT2D eigenvalue weighted by Crippen LogP contribution is -2.39. The van der Waals surface area contributed by atoms with E-state index in [0.29, 0.717) is 29.4 Å². The number of halogens is 1. The number of carbonyl (C=O) groups excluding carboxylic acids is 1. The number of methoxy groups -OCH3 is 1. The molecule has 0 atom stereocenters. The van der Waals surface area contributed by atoms with Gasteiger partial charge in [0.1, 0.15) is 0 Å². The average Bonchev–Trinajstić information content (AvgIpc) is 2.38. The molecule has 1 rings (SSSR count). The summed E-state index contributed by atoms with van der Waals surface area (Å²) in [6.45, 7) is 4.90. The van der Waals surface area contributed by atoms with Crippen molar-refractivity contribution in [2.45, 2.75) is 19.9 Å². The van der Waals surface area contributed by atoms with Crippen LogP contribution in [0.4, 0.5) is 5.69 Å². The predicted molar refractivity (Wildman–Crippen MR) is 77.3 cm³/mol. The number of carbonyl (C=O) groups is 1. The zero-order valence-corrected chi connectivity index (χ0v) is 12.2. The highest BCUT2D eigenvalue weighted by Gasteiger charge is 2.21. The number of nitrogen functional groups attached to an aromatic ring is 1. The van der Waals surface area contributed by atoms with E-state index in [0.717, 1.165) is 0 Å². The maximum atomic E-state index is 12.5. The molecule has 1 aromatic rings. The molecule has 0 aliphatic rings. The molecule has 0 fully saturated rings. The highest BCUT2D eigenvalue weighted by Crippen LogP contribution is 2.22. The number of nitrogens with two attached hydrogens (primary N) is 1. The minimum atomic E-state index is -0.123. The Balaban J connectivity index is 3.04. The standard InChI is InChI=1S/C13H20ClN3O2/c1-9(2)17(6-7-19-3)13(18)11-8-10(14)4-5-12(11)16-15/h4-5,8-9,16H,6-7,15H2,1-3H3. The van der Waals surface area contributed by atoms with Crippen LogP contribution in [-0.4, -0.2) is 37.1 Å². The Morgan fingerprint density at radius 2 is 2.21 bits per heavy atom. The fourth-order valence-electron chi connectivity index (χ4n) is 1.76. The molecule has 3 N–H and O–H groups in total. The van der Waals surface area contributed by atoms with Crippen molar-refractivity contribution in [2.24, 2.45) is 5.84 Å². The summed E-state index contributed by atoms with van der Waals surface area (Å²) >= 11 is 5.94. The SMILES string of the molecule is COCCN(C(=O)c1cc(Cl)ccc1NN)C(C)C. The number of anilines is 1. The van der Waals surface area contributed by atoms with Crippen molar-refractivity contribution >= 4 is 23.2 Å². The first-order chi connectivity index (χ1) is 9.01. The van der Waals surface area contributed by atoms with Crippen molar-refractivity contribution < 1.29 is 9.53 Å². The van der Waals surface area contributed by atoms with Gasteiger partial charge in [0, 0.05) is 24.7 Å². The number of hydrazine groups is 1. The van der Waals surface area contributed by atoms with Crippen LogP contribution in [0.25, 0.3) is 0 Å². The molecule has 0 aliphatic heterocycles. The zero-order chi connectivity index (χ0) is 14.4. The molecular weight excluding hydrogens is 266 g/mol. The Kier molecular flexibility index (Phi) is 6.08. The molecule has 0 radical (unpaired) electrons. The van der Waals surface area contributed by atoms with Crippen molar-refractivity contribution in [1.82, 2.24) is 4.90 Å². The van der Waals surface area contributed by atoms with Gasteiger partial charge in [-0.25, -0.2) is 0 Å². The molecule has 0 bridgehead atoms. The Hall–Kier alpha value is -1.30. The van der Waals surface area contributed by atoms with E-state index in [1.54, 1.807) is 30.2 Å². The number of amides is 1. The molecule has 0 aromatic heterocycles. The van der Waals surface area contributed by atoms with Gasteiger partial charge in [-0.15, -0.1) is 0 Å². The number of ether oxygens (including phenoxy) is 1. The highest BCUT2D eigenvalue weighted by atomic mass is 35.5. The molecule has 1 aromatic carbocycles. The van der Waals surface area contributed by atoms with Crippen molar-refractivity contribution in [2.75, 3.05) is 25.7 Å². The quantitative estimate of drug-likeness (QED) is 0.621. The first kappa shape index (κ1) is 15.8. The van der Waals surface area contributed by atoms with Gasteiger partial charge in [0.25, 0.3) is 5.91 Å². The third-order valence-electron chi connectivity index (χ3n) is 2.79. The van der Waals surface area contributed by atoms with Gasteiger partial charge >= 0.3 is 0 Å². The maximum absolute atomic E-state index is 12.5. The van der Waals surface area contributed by atoms with Crippen LogP contribution < -0.4 is 11.3 Å². The molecule has 0 saturated heterocycles. The van der Waals surface area contributed by atoms with Crippen LogP contribution in [0, 0.1) is 0 Å². The molecule has 19 heavy (non-hydrogen) atoms. The van der Waals surface area contributed by atoms with E-state index >= 15 is 0 Å². The van der Waals surface area contributed by atoms with Crippen LogP contribution >= 0.6 is 11.6 Å². The Morgan fingerprint density at radius 3 is 2.74 bits per heavy atom. The summed E-state index contributed by atoms with van der Waals surface area (Å²) < 4.78 is 5.03. The molecule has 0 spiro atoms. The monoisotopic (exact) mass is 285 g/mol. The lowest BCUT2D eigenvalue weighted by Gasteiger charge is -2.27. The van der Waals surface area contributed by atoms with Crippen LogP contribution in [0.3, 0.4) is 0 Å². The smallest absolute Gasteiger partial charge is 0.256 e. The third kappa shape index (κ3) is 4.09. The van der Waals surface area contributed by atoms with E-state index in [1.807, 2.05) is 13.8 Å². The second kappa shape index (κ2) is 7.33. The fraction of sp³-hybridized carbons (Fsp3) is 0.462. The predicted octanol–water partition coefficient (Wildman–Crippen LogP) is 2.12. The van der Waals surface area contributed by atoms with Crippen LogP contribution in [0.5, 0.6) is 0 Å². The van der Waals surface area contributed by atoms with Crippen LogP contribution in [0.15, 0.2) is 18.2 Å². The number of hydrogen-bond donors (Lipinski definition) is 2. The van der Waals surface area contributed by atoms with Gasteiger partial charge in [0.15, 0.2) is 0 Å². The summed E-state index contributed by atoms with van der Waals surface area (Å²) in [7, 11) is 1.61. The van der Waals surface area contributed by atoms with E-state index in [4.69, 9.17) is 22.2 Å². The Morgan fingerprint density at radius 1 is 1.53 bits per heavy atom. The maximum Gasteiger partial charge on any atom is 0.256 e. The molecule has 6 heteroatoms. The summed E-state index contributed by atoms with van der Waals surface area (Å²) in [5.41, 5.74) is 3.53. The van der Waals surface area contributed by atoms with Gasteiger partial charge in [-0.3, -0.25) is 10.6 Å². The minimum absolute atomic E-state index is 0.0623. The normalized spacial score (nSPS) is 10.6. The summed E-state index contributed by atoms with van der Waals surface area (Å²) in [5, 5.41) is 0.498. The lowest BCUT2D eigenvalue weighted by atomic mass is 10.1. The van der Waals surface area contributed by atoms with E-state index in [9.17, 15) is 4.79 Å². The van der Waals surface area contributed by atoms with Crippen molar-refractivity contribution in [3.63, 3.8) is 0 Å². The second-order valence-corrected chi connectivity index (χ2v) is 4.86. The van der Waals surface area contributed by atoms with Crippen LogP contribution in [-0.2, 0) is 4.74 Å². The molecule has 0 saturated carbocycles. The van der Waals surface area contributed by atoms with Gasteiger partial charge in [-0.2, -0.15) is 0 Å². The second-order valence-electron chi connectivity index (χ2n) is 4.42. The van der Waals surface area contributed by atoms with Gasteiger partial charge in [0.05, 0.1) is 17.9 Å². The van der Waals surface area contributed by atoms with E-state index in [-0.39, 0.29) is 11.9 Å². The summed E-state index contributed by atoms with van der Waals surface area (Å²) in [5.74, 6) is 5.30. The van der Waals surface area contributed by atoms with Crippen molar-refractivity contribution in [3.8, 4) is 0 Å². The summed E-state index contributed by atoms with van der Waals surface area (Å²) in [4.78, 5) is 14.3. The number of benzene rings is 1. The van der Waals surface area contributed by atoms with Gasteiger partial charge in [0.2, 0.25) is 0 Å². The Labute approximate surface area is 118 Å². The average molecular weight is 286 g/mol. The number of rotatable bonds is 6. The van der Waals surface area contributed by atoms with E-state index < -0.39 is 0 Å².